The first-order valence-corrected chi connectivity index (χ1v) is 3.00. The Hall–Kier alpha value is -0.110. The largest absolute Gasteiger partial charge is 0.330 e. The number of hydrogen-bond donors (Lipinski definition) is 1. The van der Waals surface area contributed by atoms with Gasteiger partial charge in [-0.1, -0.05) is 6.92 Å². The number of nitrogens with two attached hydrogens (primary N) is 1. The van der Waals surface area contributed by atoms with E-state index in [4.69, 9.17) is 5.73 Å². The van der Waals surface area contributed by atoms with E-state index >= 15 is 0 Å². The van der Waals surface area contributed by atoms with Gasteiger partial charge < -0.3 is 5.73 Å². The van der Waals surface area contributed by atoms with Gasteiger partial charge in [0.25, 0.3) is 0 Å². The maximum absolute atomic E-state index is 12.1. The lowest BCUT2D eigenvalue weighted by Gasteiger charge is -2.40. The maximum Gasteiger partial charge on any atom is 0.101 e. The van der Waals surface area contributed by atoms with E-state index in [0.717, 1.165) is 0 Å². The van der Waals surface area contributed by atoms with E-state index in [0.29, 0.717) is 19.4 Å². The van der Waals surface area contributed by atoms with Crippen LogP contribution < -0.4 is 5.73 Å². The molecule has 0 aliphatic heterocycles. The smallest absolute Gasteiger partial charge is 0.101 e. The summed E-state index contributed by atoms with van der Waals surface area (Å²) in [6.45, 7) is 2.66. The van der Waals surface area contributed by atoms with Crippen LogP contribution in [0.2, 0.25) is 0 Å². The summed E-state index contributed by atoms with van der Waals surface area (Å²) in [6.07, 6.45) is 0.774. The first kappa shape index (κ1) is 6.02. The van der Waals surface area contributed by atoms with Crippen LogP contribution in [0.3, 0.4) is 0 Å². The summed E-state index contributed by atoms with van der Waals surface area (Å²) in [5.74, 6) is 0. The monoisotopic (exact) mass is 117 g/mol. The van der Waals surface area contributed by atoms with Crippen molar-refractivity contribution in [3.63, 3.8) is 0 Å². The highest BCUT2D eigenvalue weighted by Gasteiger charge is 2.38. The third-order valence-electron chi connectivity index (χ3n) is 1.92. The molecule has 48 valence electrons. The molecule has 0 heterocycles. The number of alkyl halides is 1. The minimum absolute atomic E-state index is 0.138. The second-order valence-electron chi connectivity index (χ2n) is 3.02. The lowest BCUT2D eigenvalue weighted by molar-refractivity contribution is 0.0500. The fourth-order valence-corrected chi connectivity index (χ4v) is 1.18. The van der Waals surface area contributed by atoms with Crippen molar-refractivity contribution in [3.05, 3.63) is 0 Å². The lowest BCUT2D eigenvalue weighted by Crippen LogP contribution is -2.41. The molecule has 1 saturated carbocycles. The first-order chi connectivity index (χ1) is 3.66. The van der Waals surface area contributed by atoms with E-state index in [2.05, 4.69) is 0 Å². The molecular weight excluding hydrogens is 105 g/mol. The second-order valence-corrected chi connectivity index (χ2v) is 3.02. The summed E-state index contributed by atoms with van der Waals surface area (Å²) in [6, 6.07) is 0. The van der Waals surface area contributed by atoms with Gasteiger partial charge in [0.15, 0.2) is 0 Å². The molecule has 0 atom stereocenters. The molecule has 0 radical (unpaired) electrons. The van der Waals surface area contributed by atoms with Gasteiger partial charge in [-0.2, -0.15) is 0 Å². The Bertz CT molecular complexity index is 86.5. The standard InChI is InChI=1S/C6H12FN/c1-6(4-8)2-5(7)3-6/h5H,2-4,8H2,1H3. The minimum Gasteiger partial charge on any atom is -0.330 e. The predicted octanol–water partition coefficient (Wildman–Crippen LogP) is 1.08. The van der Waals surface area contributed by atoms with Gasteiger partial charge in [-0.05, 0) is 24.8 Å². The third kappa shape index (κ3) is 0.848. The molecule has 0 saturated heterocycles. The van der Waals surface area contributed by atoms with Crippen LogP contribution in [0, 0.1) is 5.41 Å². The van der Waals surface area contributed by atoms with Crippen molar-refractivity contribution in [2.45, 2.75) is 25.9 Å². The maximum atomic E-state index is 12.1. The van der Waals surface area contributed by atoms with Gasteiger partial charge in [-0.25, -0.2) is 4.39 Å². The molecule has 0 spiro atoms. The van der Waals surface area contributed by atoms with Crippen LogP contribution in [-0.2, 0) is 0 Å². The summed E-state index contributed by atoms with van der Waals surface area (Å²) >= 11 is 0. The van der Waals surface area contributed by atoms with E-state index in [1.807, 2.05) is 6.92 Å². The van der Waals surface area contributed by atoms with Gasteiger partial charge in [-0.3, -0.25) is 0 Å². The van der Waals surface area contributed by atoms with E-state index < -0.39 is 6.17 Å². The van der Waals surface area contributed by atoms with Gasteiger partial charge in [0, 0.05) is 0 Å². The van der Waals surface area contributed by atoms with Gasteiger partial charge in [0.1, 0.15) is 6.17 Å². The molecule has 2 N–H and O–H groups in total. The summed E-state index contributed by atoms with van der Waals surface area (Å²) in [7, 11) is 0. The third-order valence-corrected chi connectivity index (χ3v) is 1.92. The van der Waals surface area contributed by atoms with E-state index in [1.165, 1.54) is 0 Å². The van der Waals surface area contributed by atoms with Crippen molar-refractivity contribution in [1.29, 1.82) is 0 Å². The van der Waals surface area contributed by atoms with Crippen LogP contribution in [0.1, 0.15) is 19.8 Å². The average Bonchev–Trinajstić information content (AvgIpc) is 1.63. The zero-order valence-electron chi connectivity index (χ0n) is 5.15. The fourth-order valence-electron chi connectivity index (χ4n) is 1.18. The van der Waals surface area contributed by atoms with Crippen molar-refractivity contribution in [3.8, 4) is 0 Å². The van der Waals surface area contributed by atoms with Crippen molar-refractivity contribution in [2.75, 3.05) is 6.54 Å². The summed E-state index contributed by atoms with van der Waals surface area (Å²) in [5, 5.41) is 0. The first-order valence-electron chi connectivity index (χ1n) is 3.00. The molecule has 1 rings (SSSR count). The van der Waals surface area contributed by atoms with Crippen LogP contribution in [0.5, 0.6) is 0 Å². The van der Waals surface area contributed by atoms with Crippen LogP contribution >= 0.6 is 0 Å². The predicted molar refractivity (Wildman–Crippen MR) is 31.3 cm³/mol. The van der Waals surface area contributed by atoms with Crippen molar-refractivity contribution in [2.24, 2.45) is 11.1 Å². The molecular formula is C6H12FN. The zero-order valence-corrected chi connectivity index (χ0v) is 5.15. The van der Waals surface area contributed by atoms with E-state index in [9.17, 15) is 4.39 Å². The van der Waals surface area contributed by atoms with Gasteiger partial charge in [0.2, 0.25) is 0 Å². The number of rotatable bonds is 1. The Morgan fingerprint density at radius 3 is 2.38 bits per heavy atom. The van der Waals surface area contributed by atoms with Crippen LogP contribution in [0.4, 0.5) is 4.39 Å². The topological polar surface area (TPSA) is 26.0 Å². The summed E-state index contributed by atoms with van der Waals surface area (Å²) < 4.78 is 12.1. The second kappa shape index (κ2) is 1.69. The summed E-state index contributed by atoms with van der Waals surface area (Å²) in [4.78, 5) is 0. The Labute approximate surface area is 49.1 Å². The van der Waals surface area contributed by atoms with Crippen LogP contribution in [0.25, 0.3) is 0 Å². The molecule has 1 aliphatic carbocycles. The van der Waals surface area contributed by atoms with Crippen LogP contribution in [0.15, 0.2) is 0 Å². The van der Waals surface area contributed by atoms with Gasteiger partial charge in [0.05, 0.1) is 0 Å². The van der Waals surface area contributed by atoms with Crippen molar-refractivity contribution in [1.82, 2.24) is 0 Å². The van der Waals surface area contributed by atoms with Crippen LogP contribution in [-0.4, -0.2) is 12.7 Å². The Morgan fingerprint density at radius 1 is 1.75 bits per heavy atom. The molecule has 8 heavy (non-hydrogen) atoms. The SMILES string of the molecule is CC1(CN)CC(F)C1. The average molecular weight is 117 g/mol. The highest BCUT2D eigenvalue weighted by molar-refractivity contribution is 4.90. The molecule has 0 aromatic heterocycles. The zero-order chi connectivity index (χ0) is 6.20. The minimum atomic E-state index is -0.566. The van der Waals surface area contributed by atoms with Crippen molar-refractivity contribution < 1.29 is 4.39 Å². The Balaban J connectivity index is 2.30. The molecule has 1 aliphatic rings. The molecule has 0 unspecified atom stereocenters. The van der Waals surface area contributed by atoms with E-state index in [-0.39, 0.29) is 5.41 Å². The van der Waals surface area contributed by atoms with Crippen molar-refractivity contribution >= 4 is 0 Å². The highest BCUT2D eigenvalue weighted by atomic mass is 19.1. The van der Waals surface area contributed by atoms with Gasteiger partial charge >= 0.3 is 0 Å². The molecule has 0 aromatic carbocycles. The van der Waals surface area contributed by atoms with E-state index in [1.54, 1.807) is 0 Å². The lowest BCUT2D eigenvalue weighted by atomic mass is 9.69. The fraction of sp³-hybridized carbons (Fsp3) is 1.00. The molecule has 2 heteroatoms. The summed E-state index contributed by atoms with van der Waals surface area (Å²) in [5.41, 5.74) is 5.50. The number of halogens is 1. The Morgan fingerprint density at radius 2 is 2.25 bits per heavy atom. The van der Waals surface area contributed by atoms with Gasteiger partial charge in [-0.15, -0.1) is 0 Å². The molecule has 1 fully saturated rings. The molecule has 0 amide bonds. The normalized spacial score (nSPS) is 46.1. The quantitative estimate of drug-likeness (QED) is 0.546. The molecule has 0 bridgehead atoms. The Kier molecular flexibility index (Phi) is 1.27. The number of hydrogen-bond acceptors (Lipinski definition) is 1. The molecule has 1 nitrogen and oxygen atoms in total. The molecule has 0 aromatic rings. The highest BCUT2D eigenvalue weighted by Crippen LogP contribution is 2.41.